The SMILES string of the molecule is Cc1nccn1-c1cc(Nc2ccc(NC(=O)c3cc(-c4cccnc4)on3)cc2)ncn1. The maximum Gasteiger partial charge on any atom is 0.277 e. The second-order valence-corrected chi connectivity index (χ2v) is 7.08. The minimum atomic E-state index is -0.370. The van der Waals surface area contributed by atoms with Crippen molar-refractivity contribution >= 4 is 23.1 Å². The number of amides is 1. The van der Waals surface area contributed by atoms with E-state index in [1.807, 2.05) is 42.0 Å². The lowest BCUT2D eigenvalue weighted by atomic mass is 10.2. The van der Waals surface area contributed by atoms with Gasteiger partial charge in [0.25, 0.3) is 5.91 Å². The van der Waals surface area contributed by atoms with Crippen LogP contribution in [0.1, 0.15) is 16.3 Å². The summed E-state index contributed by atoms with van der Waals surface area (Å²) in [7, 11) is 0. The molecule has 0 saturated heterocycles. The molecule has 10 heteroatoms. The number of carbonyl (C=O) groups is 1. The number of rotatable bonds is 6. The summed E-state index contributed by atoms with van der Waals surface area (Å²) in [5.74, 6) is 2.29. The van der Waals surface area contributed by atoms with Gasteiger partial charge in [0.2, 0.25) is 0 Å². The lowest BCUT2D eigenvalue weighted by molar-refractivity contribution is 0.101. The number of aromatic nitrogens is 6. The fourth-order valence-corrected chi connectivity index (χ4v) is 3.17. The van der Waals surface area contributed by atoms with E-state index in [-0.39, 0.29) is 11.6 Å². The smallest absolute Gasteiger partial charge is 0.277 e. The lowest BCUT2D eigenvalue weighted by Gasteiger charge is -2.09. The predicted molar refractivity (Wildman–Crippen MR) is 121 cm³/mol. The van der Waals surface area contributed by atoms with Crippen LogP contribution in [0.4, 0.5) is 17.2 Å². The van der Waals surface area contributed by atoms with Gasteiger partial charge in [-0.2, -0.15) is 0 Å². The van der Waals surface area contributed by atoms with Gasteiger partial charge in [0.1, 0.15) is 23.8 Å². The number of hydrogen-bond acceptors (Lipinski definition) is 8. The van der Waals surface area contributed by atoms with Crippen molar-refractivity contribution in [2.75, 3.05) is 10.6 Å². The second-order valence-electron chi connectivity index (χ2n) is 7.08. The van der Waals surface area contributed by atoms with Crippen LogP contribution >= 0.6 is 0 Å². The molecule has 0 fully saturated rings. The average molecular weight is 438 g/mol. The van der Waals surface area contributed by atoms with Crippen LogP contribution in [0.5, 0.6) is 0 Å². The van der Waals surface area contributed by atoms with Gasteiger partial charge in [0.05, 0.1) is 0 Å². The molecule has 0 aliphatic carbocycles. The summed E-state index contributed by atoms with van der Waals surface area (Å²) in [6, 6.07) is 14.3. The molecule has 0 saturated carbocycles. The largest absolute Gasteiger partial charge is 0.355 e. The first kappa shape index (κ1) is 20.1. The Labute approximate surface area is 188 Å². The van der Waals surface area contributed by atoms with Crippen LogP contribution in [0, 0.1) is 6.92 Å². The van der Waals surface area contributed by atoms with Crippen LogP contribution in [-0.4, -0.2) is 35.6 Å². The van der Waals surface area contributed by atoms with Crippen molar-refractivity contribution in [1.82, 2.24) is 29.7 Å². The summed E-state index contributed by atoms with van der Waals surface area (Å²) in [5, 5.41) is 9.89. The molecule has 5 aromatic rings. The third-order valence-corrected chi connectivity index (χ3v) is 4.83. The Hall–Kier alpha value is -4.86. The number of imidazole rings is 1. The van der Waals surface area contributed by atoms with Gasteiger partial charge in [-0.15, -0.1) is 0 Å². The Bertz CT molecular complexity index is 1390. The van der Waals surface area contributed by atoms with E-state index in [0.717, 1.165) is 17.1 Å². The second kappa shape index (κ2) is 8.71. The number of benzene rings is 1. The van der Waals surface area contributed by atoms with Crippen molar-refractivity contribution in [1.29, 1.82) is 0 Å². The Kier molecular flexibility index (Phi) is 5.30. The van der Waals surface area contributed by atoms with Crippen LogP contribution in [0.2, 0.25) is 0 Å². The van der Waals surface area contributed by atoms with E-state index in [4.69, 9.17) is 4.52 Å². The first-order valence-corrected chi connectivity index (χ1v) is 10.0. The minimum Gasteiger partial charge on any atom is -0.355 e. The summed E-state index contributed by atoms with van der Waals surface area (Å²) in [4.78, 5) is 29.3. The Morgan fingerprint density at radius 2 is 1.85 bits per heavy atom. The maximum atomic E-state index is 12.5. The molecular formula is C23H18N8O2. The summed E-state index contributed by atoms with van der Waals surface area (Å²) in [6.45, 7) is 1.90. The molecule has 162 valence electrons. The highest BCUT2D eigenvalue weighted by Crippen LogP contribution is 2.21. The van der Waals surface area contributed by atoms with Gasteiger partial charge in [-0.05, 0) is 43.3 Å². The highest BCUT2D eigenvalue weighted by molar-refractivity contribution is 6.03. The normalized spacial score (nSPS) is 10.7. The fourth-order valence-electron chi connectivity index (χ4n) is 3.17. The summed E-state index contributed by atoms with van der Waals surface area (Å²) in [6.07, 6.45) is 8.36. The zero-order valence-corrected chi connectivity index (χ0v) is 17.5. The Morgan fingerprint density at radius 3 is 2.61 bits per heavy atom. The zero-order valence-electron chi connectivity index (χ0n) is 17.5. The highest BCUT2D eigenvalue weighted by atomic mass is 16.5. The van der Waals surface area contributed by atoms with E-state index in [0.29, 0.717) is 23.1 Å². The van der Waals surface area contributed by atoms with Gasteiger partial charge in [-0.25, -0.2) is 15.0 Å². The molecule has 0 aliphatic rings. The van der Waals surface area contributed by atoms with Gasteiger partial charge in [-0.3, -0.25) is 14.3 Å². The van der Waals surface area contributed by atoms with E-state index in [1.54, 1.807) is 42.9 Å². The first-order valence-electron chi connectivity index (χ1n) is 10.0. The molecule has 0 spiro atoms. The molecule has 1 aromatic carbocycles. The molecule has 0 aliphatic heterocycles. The van der Waals surface area contributed by atoms with Crippen molar-refractivity contribution in [2.24, 2.45) is 0 Å². The van der Waals surface area contributed by atoms with Crippen LogP contribution in [0.25, 0.3) is 17.1 Å². The molecule has 10 nitrogen and oxygen atoms in total. The maximum absolute atomic E-state index is 12.5. The number of anilines is 3. The van der Waals surface area contributed by atoms with Gasteiger partial charge in [-0.1, -0.05) is 5.16 Å². The molecule has 4 aromatic heterocycles. The van der Waals surface area contributed by atoms with Crippen molar-refractivity contribution in [3.63, 3.8) is 0 Å². The Morgan fingerprint density at radius 1 is 1.00 bits per heavy atom. The van der Waals surface area contributed by atoms with Crippen molar-refractivity contribution < 1.29 is 9.32 Å². The minimum absolute atomic E-state index is 0.180. The molecule has 0 atom stereocenters. The van der Waals surface area contributed by atoms with Crippen molar-refractivity contribution in [2.45, 2.75) is 6.92 Å². The lowest BCUT2D eigenvalue weighted by Crippen LogP contribution is -2.12. The molecule has 0 radical (unpaired) electrons. The fraction of sp³-hybridized carbons (Fsp3) is 0.0435. The Balaban J connectivity index is 1.25. The molecular weight excluding hydrogens is 420 g/mol. The molecule has 2 N–H and O–H groups in total. The highest BCUT2D eigenvalue weighted by Gasteiger charge is 2.14. The predicted octanol–water partition coefficient (Wildman–Crippen LogP) is 4.02. The molecule has 1 amide bonds. The van der Waals surface area contributed by atoms with Gasteiger partial charge in [0, 0.05) is 53.9 Å². The van der Waals surface area contributed by atoms with E-state index in [1.165, 1.54) is 6.33 Å². The summed E-state index contributed by atoms with van der Waals surface area (Å²) < 4.78 is 7.13. The van der Waals surface area contributed by atoms with Gasteiger partial charge >= 0.3 is 0 Å². The molecule has 4 heterocycles. The summed E-state index contributed by atoms with van der Waals surface area (Å²) >= 11 is 0. The standard InChI is InChI=1S/C23H18N8O2/c1-15-25-9-10-31(15)22-12-21(26-14-27-22)28-17-4-6-18(7-5-17)29-23(32)19-11-20(33-30-19)16-3-2-8-24-13-16/h2-14H,1H3,(H,29,32)(H,26,27,28). The average Bonchev–Trinajstić information content (AvgIpc) is 3.51. The van der Waals surface area contributed by atoms with E-state index in [9.17, 15) is 4.79 Å². The van der Waals surface area contributed by atoms with Crippen LogP contribution in [-0.2, 0) is 0 Å². The third-order valence-electron chi connectivity index (χ3n) is 4.83. The monoisotopic (exact) mass is 438 g/mol. The summed E-state index contributed by atoms with van der Waals surface area (Å²) in [5.41, 5.74) is 2.35. The molecule has 33 heavy (non-hydrogen) atoms. The van der Waals surface area contributed by atoms with E-state index >= 15 is 0 Å². The topological polar surface area (TPSA) is 124 Å². The van der Waals surface area contributed by atoms with Crippen LogP contribution in [0.15, 0.2) is 84.2 Å². The first-order chi connectivity index (χ1) is 16.2. The third kappa shape index (κ3) is 4.44. The van der Waals surface area contributed by atoms with Crippen LogP contribution in [0.3, 0.4) is 0 Å². The molecule has 0 unspecified atom stereocenters. The van der Waals surface area contributed by atoms with Gasteiger partial charge < -0.3 is 15.2 Å². The van der Waals surface area contributed by atoms with E-state index < -0.39 is 0 Å². The number of carbonyl (C=O) groups excluding carboxylic acids is 1. The van der Waals surface area contributed by atoms with Crippen LogP contribution < -0.4 is 10.6 Å². The quantitative estimate of drug-likeness (QED) is 0.407. The molecule has 0 bridgehead atoms. The number of pyridine rings is 1. The van der Waals surface area contributed by atoms with Crippen molar-refractivity contribution in [3.05, 3.63) is 91.2 Å². The number of hydrogen-bond donors (Lipinski definition) is 2. The zero-order chi connectivity index (χ0) is 22.6. The number of aryl methyl sites for hydroxylation is 1. The number of nitrogens with zero attached hydrogens (tertiary/aromatic N) is 6. The van der Waals surface area contributed by atoms with E-state index in [2.05, 4.69) is 35.7 Å². The molecule has 5 rings (SSSR count). The number of nitrogens with one attached hydrogen (secondary N) is 2. The van der Waals surface area contributed by atoms with Gasteiger partial charge in [0.15, 0.2) is 11.5 Å². The van der Waals surface area contributed by atoms with Crippen molar-refractivity contribution in [3.8, 4) is 17.1 Å².